The van der Waals surface area contributed by atoms with Crippen molar-refractivity contribution in [1.82, 2.24) is 0 Å². The lowest BCUT2D eigenvalue weighted by atomic mass is 10.0. The van der Waals surface area contributed by atoms with Crippen LogP contribution >= 0.6 is 0 Å². The van der Waals surface area contributed by atoms with Gasteiger partial charge in [0.25, 0.3) is 0 Å². The lowest BCUT2D eigenvalue weighted by Crippen LogP contribution is -2.24. The van der Waals surface area contributed by atoms with Crippen LogP contribution in [-0.4, -0.2) is 37.1 Å². The van der Waals surface area contributed by atoms with Crippen LogP contribution in [0.3, 0.4) is 0 Å². The molecule has 1 aliphatic heterocycles. The maximum absolute atomic E-state index is 9.87. The summed E-state index contributed by atoms with van der Waals surface area (Å²) in [7, 11) is 0. The fourth-order valence-electron chi connectivity index (χ4n) is 2.14. The van der Waals surface area contributed by atoms with Crippen LogP contribution < -0.4 is 5.73 Å². The molecule has 0 saturated carbocycles. The molecule has 2 rings (SSSR count). The minimum Gasteiger partial charge on any atom is -0.483 e. The highest BCUT2D eigenvalue weighted by molar-refractivity contribution is 5.33. The van der Waals surface area contributed by atoms with Crippen LogP contribution in [-0.2, 0) is 9.47 Å². The zero-order valence-corrected chi connectivity index (χ0v) is 11.1. The summed E-state index contributed by atoms with van der Waals surface area (Å²) in [5.41, 5.74) is 12.0. The smallest absolute Gasteiger partial charge is 0.170 e. The van der Waals surface area contributed by atoms with E-state index >= 15 is 0 Å². The van der Waals surface area contributed by atoms with Gasteiger partial charge in [-0.1, -0.05) is 5.73 Å². The minimum absolute atomic E-state index is 0.166. The van der Waals surface area contributed by atoms with Crippen LogP contribution in [0.5, 0.6) is 0 Å². The topological polar surface area (TPSA) is 64.7 Å². The Morgan fingerprint density at radius 1 is 1.53 bits per heavy atom. The second kappa shape index (κ2) is 7.34. The average molecular weight is 263 g/mol. The maximum Gasteiger partial charge on any atom is 0.170 e. The van der Waals surface area contributed by atoms with E-state index in [2.05, 4.69) is 11.5 Å². The quantitative estimate of drug-likeness (QED) is 0.711. The molecule has 104 valence electrons. The monoisotopic (exact) mass is 263 g/mol. The molecule has 0 radical (unpaired) electrons. The molecule has 4 heteroatoms. The molecule has 3 N–H and O–H groups in total. The molecule has 0 aromatic carbocycles. The first-order chi connectivity index (χ1) is 9.29. The van der Waals surface area contributed by atoms with Crippen LogP contribution in [0.25, 0.3) is 0 Å². The predicted octanol–water partition coefficient (Wildman–Crippen LogP) is 1.42. The van der Waals surface area contributed by atoms with E-state index in [1.807, 2.05) is 0 Å². The lowest BCUT2D eigenvalue weighted by Gasteiger charge is -2.22. The maximum atomic E-state index is 9.87. The van der Waals surface area contributed by atoms with E-state index in [0.29, 0.717) is 25.3 Å². The van der Waals surface area contributed by atoms with Crippen molar-refractivity contribution in [1.29, 1.82) is 0 Å². The SMILES string of the molecule is NCCC(O)C1=CC(OCC2CCCCO2)=C=C=C1. The highest BCUT2D eigenvalue weighted by atomic mass is 16.5. The first-order valence-electron chi connectivity index (χ1n) is 6.85. The van der Waals surface area contributed by atoms with Crippen molar-refractivity contribution in [3.63, 3.8) is 0 Å². The van der Waals surface area contributed by atoms with Gasteiger partial charge in [0.1, 0.15) is 6.61 Å². The molecule has 2 aliphatic rings. The Labute approximate surface area is 113 Å². The second-order valence-corrected chi connectivity index (χ2v) is 4.81. The van der Waals surface area contributed by atoms with Crippen molar-refractivity contribution >= 4 is 0 Å². The minimum atomic E-state index is -0.566. The molecular weight excluding hydrogens is 242 g/mol. The number of hydrogen-bond acceptors (Lipinski definition) is 4. The van der Waals surface area contributed by atoms with Gasteiger partial charge >= 0.3 is 0 Å². The van der Waals surface area contributed by atoms with E-state index < -0.39 is 6.10 Å². The van der Waals surface area contributed by atoms with E-state index in [1.165, 1.54) is 6.42 Å². The van der Waals surface area contributed by atoms with Crippen LogP contribution in [0.2, 0.25) is 0 Å². The standard InChI is InChI=1S/C15H21NO3/c16-8-7-15(17)12-4-3-6-13(10-12)19-11-14-5-1-2-9-18-14/h4,10,14-15,17H,1-2,5,7-9,11,16H2. The van der Waals surface area contributed by atoms with Gasteiger partial charge in [0.05, 0.1) is 12.2 Å². The molecule has 2 unspecified atom stereocenters. The second-order valence-electron chi connectivity index (χ2n) is 4.81. The third-order valence-electron chi connectivity index (χ3n) is 3.26. The molecule has 19 heavy (non-hydrogen) atoms. The van der Waals surface area contributed by atoms with Crippen molar-refractivity contribution in [2.24, 2.45) is 5.73 Å². The number of aliphatic hydroxyl groups excluding tert-OH is 1. The molecule has 0 spiro atoms. The molecule has 1 saturated heterocycles. The molecule has 0 aromatic heterocycles. The van der Waals surface area contributed by atoms with Gasteiger partial charge in [-0.05, 0) is 55.7 Å². The average Bonchev–Trinajstić information content (AvgIpc) is 2.47. The molecule has 0 bridgehead atoms. The fourth-order valence-corrected chi connectivity index (χ4v) is 2.14. The highest BCUT2D eigenvalue weighted by Gasteiger charge is 2.15. The van der Waals surface area contributed by atoms with E-state index in [-0.39, 0.29) is 6.10 Å². The predicted molar refractivity (Wildman–Crippen MR) is 72.4 cm³/mol. The van der Waals surface area contributed by atoms with E-state index in [1.54, 1.807) is 12.2 Å². The molecule has 0 aromatic rings. The van der Waals surface area contributed by atoms with E-state index in [9.17, 15) is 5.11 Å². The van der Waals surface area contributed by atoms with Crippen LogP contribution in [0.15, 0.2) is 34.9 Å². The molecule has 0 amide bonds. The van der Waals surface area contributed by atoms with Gasteiger partial charge in [-0.2, -0.15) is 0 Å². The fraction of sp³-hybridized carbons (Fsp3) is 0.600. The van der Waals surface area contributed by atoms with E-state index in [4.69, 9.17) is 15.2 Å². The molecule has 1 fully saturated rings. The molecule has 1 aliphatic carbocycles. The summed E-state index contributed by atoms with van der Waals surface area (Å²) < 4.78 is 11.3. The third-order valence-corrected chi connectivity index (χ3v) is 3.26. The first kappa shape index (κ1) is 14.1. The Hall–Kier alpha value is -1.28. The summed E-state index contributed by atoms with van der Waals surface area (Å²) in [6, 6.07) is 0. The van der Waals surface area contributed by atoms with Gasteiger partial charge in [0.2, 0.25) is 0 Å². The Balaban J connectivity index is 1.86. The van der Waals surface area contributed by atoms with Crippen LogP contribution in [0, 0.1) is 0 Å². The largest absolute Gasteiger partial charge is 0.483 e. The Bertz CT molecular complexity index is 423. The first-order valence-corrected chi connectivity index (χ1v) is 6.85. The number of aliphatic hydroxyl groups is 1. The number of allylic oxidation sites excluding steroid dienone is 1. The highest BCUT2D eigenvalue weighted by Crippen LogP contribution is 2.17. The van der Waals surface area contributed by atoms with Gasteiger partial charge in [0, 0.05) is 6.61 Å². The van der Waals surface area contributed by atoms with Crippen molar-refractivity contribution in [3.05, 3.63) is 34.9 Å². The Kier molecular flexibility index (Phi) is 5.46. The van der Waals surface area contributed by atoms with Gasteiger partial charge < -0.3 is 20.3 Å². The zero-order chi connectivity index (χ0) is 13.5. The normalized spacial score (nSPS) is 23.8. The van der Waals surface area contributed by atoms with Gasteiger partial charge in [-0.25, -0.2) is 0 Å². The van der Waals surface area contributed by atoms with Gasteiger partial charge in [-0.15, -0.1) is 0 Å². The van der Waals surface area contributed by atoms with Crippen LogP contribution in [0.1, 0.15) is 25.7 Å². The number of rotatable bonds is 6. The van der Waals surface area contributed by atoms with Crippen molar-refractivity contribution in [3.8, 4) is 0 Å². The van der Waals surface area contributed by atoms with Crippen molar-refractivity contribution < 1.29 is 14.6 Å². The molecule has 4 nitrogen and oxygen atoms in total. The molecule has 1 heterocycles. The number of nitrogens with two attached hydrogens (primary N) is 1. The third kappa shape index (κ3) is 4.39. The molecule has 2 atom stereocenters. The van der Waals surface area contributed by atoms with Crippen molar-refractivity contribution in [2.45, 2.75) is 37.9 Å². The number of ether oxygens (including phenoxy) is 2. The van der Waals surface area contributed by atoms with Crippen LogP contribution in [0.4, 0.5) is 0 Å². The summed E-state index contributed by atoms with van der Waals surface area (Å²) >= 11 is 0. The molecular formula is C15H21NO3. The summed E-state index contributed by atoms with van der Waals surface area (Å²) in [5.74, 6) is 0.600. The summed E-state index contributed by atoms with van der Waals surface area (Å²) in [4.78, 5) is 0. The lowest BCUT2D eigenvalue weighted by molar-refractivity contribution is -0.0242. The van der Waals surface area contributed by atoms with Gasteiger partial charge in [-0.3, -0.25) is 0 Å². The Morgan fingerprint density at radius 3 is 3.16 bits per heavy atom. The van der Waals surface area contributed by atoms with Gasteiger partial charge in [0.15, 0.2) is 5.76 Å². The Morgan fingerprint density at radius 2 is 2.42 bits per heavy atom. The number of hydrogen-bond donors (Lipinski definition) is 2. The van der Waals surface area contributed by atoms with E-state index in [0.717, 1.165) is 25.0 Å². The summed E-state index contributed by atoms with van der Waals surface area (Å²) in [6.45, 7) is 1.80. The zero-order valence-electron chi connectivity index (χ0n) is 11.1. The summed E-state index contributed by atoms with van der Waals surface area (Å²) in [5, 5.41) is 9.87. The van der Waals surface area contributed by atoms with Crippen molar-refractivity contribution in [2.75, 3.05) is 19.8 Å². The summed E-state index contributed by atoms with van der Waals surface area (Å²) in [6.07, 6.45) is 7.01.